The van der Waals surface area contributed by atoms with Crippen LogP contribution in [0.1, 0.15) is 13.3 Å². The van der Waals surface area contributed by atoms with Crippen molar-refractivity contribution >= 4 is 46.4 Å². The molecular formula is C12H13Cl2N3O2. The number of carbonyl (C=O) groups is 2. The Morgan fingerprint density at radius 3 is 2.63 bits per heavy atom. The van der Waals surface area contributed by atoms with Crippen LogP contribution in [0.15, 0.2) is 12.1 Å². The van der Waals surface area contributed by atoms with E-state index in [0.717, 1.165) is 0 Å². The van der Waals surface area contributed by atoms with Crippen LogP contribution in [0.3, 0.4) is 0 Å². The number of amides is 2. The summed E-state index contributed by atoms with van der Waals surface area (Å²) in [5.41, 5.74) is 6.83. The highest BCUT2D eigenvalue weighted by atomic mass is 35.5. The number of hydrogen-bond donors (Lipinski definition) is 2. The Morgan fingerprint density at radius 1 is 1.37 bits per heavy atom. The Hall–Kier alpha value is -1.46. The molecule has 1 aliphatic heterocycles. The molecule has 1 unspecified atom stereocenters. The lowest BCUT2D eigenvalue weighted by Gasteiger charge is -2.36. The molecule has 2 amide bonds. The monoisotopic (exact) mass is 301 g/mol. The number of piperazine rings is 1. The van der Waals surface area contributed by atoms with Crippen molar-refractivity contribution in [2.45, 2.75) is 19.4 Å². The molecule has 102 valence electrons. The molecule has 1 aromatic carbocycles. The maximum absolute atomic E-state index is 11.8. The van der Waals surface area contributed by atoms with Crippen LogP contribution >= 0.6 is 23.2 Å². The highest BCUT2D eigenvalue weighted by Gasteiger charge is 2.33. The first kappa shape index (κ1) is 14.0. The summed E-state index contributed by atoms with van der Waals surface area (Å²) in [6.45, 7) is 1.92. The second-order valence-electron chi connectivity index (χ2n) is 4.29. The zero-order chi connectivity index (χ0) is 14.2. The minimum absolute atomic E-state index is 0.0619. The number of hydrogen-bond acceptors (Lipinski definition) is 4. The minimum Gasteiger partial charge on any atom is -0.397 e. The predicted molar refractivity (Wildman–Crippen MR) is 75.4 cm³/mol. The standard InChI is InChI=1S/C12H13Cl2N3O2/c1-2-9-12(19)16-11(18)5-17(9)10-4-7(14)6(13)3-8(10)15/h3-4,9H,2,5,15H2,1H3,(H,16,18,19). The van der Waals surface area contributed by atoms with Crippen LogP contribution in [0, 0.1) is 0 Å². The number of nitrogens with one attached hydrogen (secondary N) is 1. The number of nitrogens with two attached hydrogens (primary N) is 1. The maximum atomic E-state index is 11.8. The van der Waals surface area contributed by atoms with Crippen molar-refractivity contribution in [3.63, 3.8) is 0 Å². The molecule has 1 aliphatic rings. The Kier molecular flexibility index (Phi) is 3.87. The summed E-state index contributed by atoms with van der Waals surface area (Å²) in [5, 5.41) is 2.98. The van der Waals surface area contributed by atoms with Crippen LogP contribution in [0.2, 0.25) is 10.0 Å². The van der Waals surface area contributed by atoms with Crippen LogP contribution in [-0.4, -0.2) is 24.4 Å². The average Bonchev–Trinajstić information content (AvgIpc) is 2.33. The van der Waals surface area contributed by atoms with Crippen molar-refractivity contribution in [3.8, 4) is 0 Å². The van der Waals surface area contributed by atoms with Gasteiger partial charge in [-0.15, -0.1) is 0 Å². The van der Waals surface area contributed by atoms with Gasteiger partial charge in [0.2, 0.25) is 11.8 Å². The zero-order valence-corrected chi connectivity index (χ0v) is 11.8. The smallest absolute Gasteiger partial charge is 0.249 e. The van der Waals surface area contributed by atoms with Gasteiger partial charge in [-0.2, -0.15) is 0 Å². The summed E-state index contributed by atoms with van der Waals surface area (Å²) in [6, 6.07) is 2.65. The molecular weight excluding hydrogens is 289 g/mol. The van der Waals surface area contributed by atoms with Gasteiger partial charge in [-0.1, -0.05) is 30.1 Å². The highest BCUT2D eigenvalue weighted by molar-refractivity contribution is 6.42. The fourth-order valence-corrected chi connectivity index (χ4v) is 2.46. The Bertz CT molecular complexity index is 548. The third kappa shape index (κ3) is 2.62. The van der Waals surface area contributed by atoms with Crippen molar-refractivity contribution in [2.75, 3.05) is 17.2 Å². The van der Waals surface area contributed by atoms with E-state index in [2.05, 4.69) is 5.32 Å². The van der Waals surface area contributed by atoms with E-state index >= 15 is 0 Å². The number of rotatable bonds is 2. The van der Waals surface area contributed by atoms with E-state index in [1.54, 1.807) is 11.0 Å². The van der Waals surface area contributed by atoms with Gasteiger partial charge in [-0.3, -0.25) is 14.9 Å². The van der Waals surface area contributed by atoms with E-state index in [0.29, 0.717) is 27.8 Å². The van der Waals surface area contributed by atoms with Crippen molar-refractivity contribution in [1.82, 2.24) is 5.32 Å². The van der Waals surface area contributed by atoms with Gasteiger partial charge in [0, 0.05) is 0 Å². The van der Waals surface area contributed by atoms with Crippen LogP contribution < -0.4 is 16.0 Å². The molecule has 7 heteroatoms. The second kappa shape index (κ2) is 5.27. The molecule has 1 atom stereocenters. The van der Waals surface area contributed by atoms with Crippen LogP contribution in [-0.2, 0) is 9.59 Å². The molecule has 1 aromatic rings. The molecule has 0 spiro atoms. The number of anilines is 2. The quantitative estimate of drug-likeness (QED) is 0.645. The number of benzene rings is 1. The van der Waals surface area contributed by atoms with Gasteiger partial charge in [-0.05, 0) is 18.6 Å². The van der Waals surface area contributed by atoms with Crippen molar-refractivity contribution in [2.24, 2.45) is 0 Å². The summed E-state index contributed by atoms with van der Waals surface area (Å²) < 4.78 is 0. The van der Waals surface area contributed by atoms with E-state index in [-0.39, 0.29) is 18.4 Å². The van der Waals surface area contributed by atoms with Gasteiger partial charge < -0.3 is 10.6 Å². The van der Waals surface area contributed by atoms with E-state index in [1.165, 1.54) is 6.07 Å². The van der Waals surface area contributed by atoms with E-state index < -0.39 is 6.04 Å². The normalized spacial score (nSPS) is 19.5. The number of imide groups is 1. The first-order valence-electron chi connectivity index (χ1n) is 5.79. The third-order valence-corrected chi connectivity index (χ3v) is 3.74. The molecule has 0 radical (unpaired) electrons. The van der Waals surface area contributed by atoms with Gasteiger partial charge in [0.05, 0.1) is 28.0 Å². The number of halogens is 2. The Morgan fingerprint density at radius 2 is 2.00 bits per heavy atom. The summed E-state index contributed by atoms with van der Waals surface area (Å²) in [5.74, 6) is -0.690. The average molecular weight is 302 g/mol. The predicted octanol–water partition coefficient (Wildman–Crippen LogP) is 1.82. The van der Waals surface area contributed by atoms with Gasteiger partial charge in [0.1, 0.15) is 6.04 Å². The molecule has 2 rings (SSSR count). The highest BCUT2D eigenvalue weighted by Crippen LogP contribution is 2.34. The molecule has 0 aliphatic carbocycles. The fourth-order valence-electron chi connectivity index (χ4n) is 2.13. The van der Waals surface area contributed by atoms with Crippen molar-refractivity contribution in [3.05, 3.63) is 22.2 Å². The SMILES string of the molecule is CCC1C(=O)NC(=O)CN1c1cc(Cl)c(Cl)cc1N. The number of nitrogens with zero attached hydrogens (tertiary/aromatic N) is 1. The second-order valence-corrected chi connectivity index (χ2v) is 5.10. The number of nitrogen functional groups attached to an aromatic ring is 1. The minimum atomic E-state index is -0.447. The van der Waals surface area contributed by atoms with Crippen LogP contribution in [0.4, 0.5) is 11.4 Å². The molecule has 5 nitrogen and oxygen atoms in total. The molecule has 0 aromatic heterocycles. The molecule has 0 saturated carbocycles. The Labute approximate surface area is 120 Å². The lowest BCUT2D eigenvalue weighted by Crippen LogP contribution is -2.58. The Balaban J connectivity index is 2.46. The molecule has 19 heavy (non-hydrogen) atoms. The topological polar surface area (TPSA) is 75.4 Å². The first-order valence-corrected chi connectivity index (χ1v) is 6.54. The van der Waals surface area contributed by atoms with Gasteiger partial charge in [-0.25, -0.2) is 0 Å². The fraction of sp³-hybridized carbons (Fsp3) is 0.333. The summed E-state index contributed by atoms with van der Waals surface area (Å²) in [7, 11) is 0. The lowest BCUT2D eigenvalue weighted by molar-refractivity contribution is -0.132. The third-order valence-electron chi connectivity index (χ3n) is 3.02. The summed E-state index contributed by atoms with van der Waals surface area (Å²) >= 11 is 11.8. The first-order chi connectivity index (χ1) is 8.93. The van der Waals surface area contributed by atoms with Crippen LogP contribution in [0.25, 0.3) is 0 Å². The van der Waals surface area contributed by atoms with Gasteiger partial charge >= 0.3 is 0 Å². The van der Waals surface area contributed by atoms with E-state index in [4.69, 9.17) is 28.9 Å². The van der Waals surface area contributed by atoms with E-state index in [1.807, 2.05) is 6.92 Å². The molecule has 3 N–H and O–H groups in total. The van der Waals surface area contributed by atoms with Gasteiger partial charge in [0.25, 0.3) is 0 Å². The largest absolute Gasteiger partial charge is 0.397 e. The summed E-state index contributed by atoms with van der Waals surface area (Å²) in [4.78, 5) is 25.0. The number of carbonyl (C=O) groups excluding carboxylic acids is 2. The molecule has 1 saturated heterocycles. The molecule has 1 fully saturated rings. The maximum Gasteiger partial charge on any atom is 0.249 e. The van der Waals surface area contributed by atoms with Crippen LogP contribution in [0.5, 0.6) is 0 Å². The van der Waals surface area contributed by atoms with Crippen molar-refractivity contribution in [1.29, 1.82) is 0 Å². The summed E-state index contributed by atoms with van der Waals surface area (Å²) in [6.07, 6.45) is 0.554. The molecule has 0 bridgehead atoms. The zero-order valence-electron chi connectivity index (χ0n) is 10.2. The van der Waals surface area contributed by atoms with Gasteiger partial charge in [0.15, 0.2) is 0 Å². The lowest BCUT2D eigenvalue weighted by atomic mass is 10.1. The van der Waals surface area contributed by atoms with E-state index in [9.17, 15) is 9.59 Å². The molecule has 1 heterocycles. The van der Waals surface area contributed by atoms with Crippen molar-refractivity contribution < 1.29 is 9.59 Å².